The first-order valence-corrected chi connectivity index (χ1v) is 11.9. The van der Waals surface area contributed by atoms with Gasteiger partial charge in [-0.2, -0.15) is 13.7 Å². The number of hydrogen-bond donors (Lipinski definition) is 1. The Morgan fingerprint density at radius 1 is 1.05 bits per heavy atom. The molecule has 3 aromatic rings. The molecular formula is C25H19N3O8S. The molecule has 0 aliphatic carbocycles. The van der Waals surface area contributed by atoms with E-state index < -0.39 is 20.9 Å². The first-order valence-electron chi connectivity index (χ1n) is 10.5. The summed E-state index contributed by atoms with van der Waals surface area (Å²) in [6.07, 6.45) is 1.25. The first kappa shape index (κ1) is 26.6. The highest BCUT2D eigenvalue weighted by atomic mass is 32.2. The average Bonchev–Trinajstić information content (AvgIpc) is 2.87. The zero-order valence-corrected chi connectivity index (χ0v) is 20.3. The molecule has 0 radical (unpaired) electrons. The lowest BCUT2D eigenvalue weighted by Gasteiger charge is -2.12. The molecular weight excluding hydrogens is 502 g/mol. The topological polar surface area (TPSA) is 166 Å². The van der Waals surface area contributed by atoms with E-state index in [1.807, 2.05) is 0 Å². The van der Waals surface area contributed by atoms with Crippen molar-refractivity contribution < 1.29 is 31.9 Å². The highest BCUT2D eigenvalue weighted by Gasteiger charge is 2.21. The number of nitrogens with one attached hydrogen (secondary N) is 1. The number of ether oxygens (including phenoxy) is 1. The number of nitro groups is 1. The van der Waals surface area contributed by atoms with Gasteiger partial charge in [-0.25, -0.2) is 0 Å². The summed E-state index contributed by atoms with van der Waals surface area (Å²) in [7, 11) is -3.08. The Labute approximate surface area is 211 Å². The molecule has 1 N–H and O–H groups in total. The van der Waals surface area contributed by atoms with Gasteiger partial charge in [0.1, 0.15) is 16.5 Å². The predicted octanol–water partition coefficient (Wildman–Crippen LogP) is 4.12. The molecule has 0 aliphatic heterocycles. The van der Waals surface area contributed by atoms with Crippen LogP contribution in [0.1, 0.15) is 22.8 Å². The minimum atomic E-state index is -4.35. The summed E-state index contributed by atoms with van der Waals surface area (Å²) < 4.78 is 35.6. The van der Waals surface area contributed by atoms with Crippen LogP contribution >= 0.6 is 0 Å². The number of carbonyl (C=O) groups excluding carboxylic acids is 2. The van der Waals surface area contributed by atoms with Gasteiger partial charge in [0.15, 0.2) is 17.3 Å². The maximum atomic E-state index is 12.7. The van der Waals surface area contributed by atoms with E-state index in [9.17, 15) is 33.4 Å². The van der Waals surface area contributed by atoms with Crippen molar-refractivity contribution in [2.75, 3.05) is 12.4 Å². The number of anilines is 1. The van der Waals surface area contributed by atoms with E-state index in [1.54, 1.807) is 24.3 Å². The van der Waals surface area contributed by atoms with E-state index >= 15 is 0 Å². The van der Waals surface area contributed by atoms with E-state index in [4.69, 9.17) is 8.92 Å². The number of methoxy groups -OCH3 is 1. The molecule has 12 heteroatoms. The Balaban J connectivity index is 1.85. The van der Waals surface area contributed by atoms with Crippen LogP contribution in [0.4, 0.5) is 11.4 Å². The van der Waals surface area contributed by atoms with E-state index in [-0.39, 0.29) is 44.7 Å². The summed E-state index contributed by atoms with van der Waals surface area (Å²) in [5.41, 5.74) is 0.287. The Morgan fingerprint density at radius 2 is 1.73 bits per heavy atom. The van der Waals surface area contributed by atoms with Gasteiger partial charge < -0.3 is 14.2 Å². The lowest BCUT2D eigenvalue weighted by atomic mass is 10.1. The van der Waals surface area contributed by atoms with Gasteiger partial charge in [0.25, 0.3) is 11.6 Å². The van der Waals surface area contributed by atoms with Crippen molar-refractivity contribution in [3.05, 3.63) is 93.5 Å². The third kappa shape index (κ3) is 6.36. The van der Waals surface area contributed by atoms with Gasteiger partial charge in [-0.05, 0) is 55.0 Å². The molecule has 0 heterocycles. The number of nitrogens with zero attached hydrogens (tertiary/aromatic N) is 2. The zero-order chi connectivity index (χ0) is 27.2. The molecule has 1 amide bonds. The normalized spacial score (nSPS) is 11.2. The number of nitro benzene ring substituents is 1. The minimum Gasteiger partial charge on any atom is -0.493 e. The fourth-order valence-corrected chi connectivity index (χ4v) is 4.09. The molecule has 11 nitrogen and oxygen atoms in total. The van der Waals surface area contributed by atoms with E-state index in [0.29, 0.717) is 5.56 Å². The molecule has 0 aromatic heterocycles. The summed E-state index contributed by atoms with van der Waals surface area (Å²) in [6.45, 7) is 1.35. The molecule has 37 heavy (non-hydrogen) atoms. The smallest absolute Gasteiger partial charge is 0.339 e. The lowest BCUT2D eigenvalue weighted by Crippen LogP contribution is -2.15. The number of hydrogen-bond acceptors (Lipinski definition) is 9. The van der Waals surface area contributed by atoms with Crippen molar-refractivity contribution in [3.8, 4) is 17.6 Å². The molecule has 0 spiro atoms. The number of ketones is 1. The van der Waals surface area contributed by atoms with Crippen LogP contribution in [0.15, 0.2) is 77.2 Å². The Morgan fingerprint density at radius 3 is 2.32 bits per heavy atom. The van der Waals surface area contributed by atoms with E-state index in [0.717, 1.165) is 24.3 Å². The summed E-state index contributed by atoms with van der Waals surface area (Å²) >= 11 is 0. The molecule has 3 rings (SSSR count). The van der Waals surface area contributed by atoms with Crippen molar-refractivity contribution in [1.29, 1.82) is 5.26 Å². The van der Waals surface area contributed by atoms with Crippen LogP contribution in [0, 0.1) is 21.4 Å². The summed E-state index contributed by atoms with van der Waals surface area (Å²) in [5, 5.41) is 22.8. The van der Waals surface area contributed by atoms with E-state index in [1.165, 1.54) is 44.4 Å². The van der Waals surface area contributed by atoms with Gasteiger partial charge >= 0.3 is 10.1 Å². The first-order chi connectivity index (χ1) is 17.6. The summed E-state index contributed by atoms with van der Waals surface area (Å²) in [4.78, 5) is 34.3. The fraction of sp³-hybridized carbons (Fsp3) is 0.0800. The molecule has 0 bridgehead atoms. The van der Waals surface area contributed by atoms with Crippen molar-refractivity contribution >= 4 is 39.3 Å². The molecule has 0 fully saturated rings. The van der Waals surface area contributed by atoms with Crippen molar-refractivity contribution in [3.63, 3.8) is 0 Å². The largest absolute Gasteiger partial charge is 0.493 e. The maximum absolute atomic E-state index is 12.7. The standard InChI is InChI=1S/C25H19N3O8S/c1-16(29)21-5-3-4-6-22(21)27-25(30)18(15-26)13-17-7-12-23(24(14-17)35-2)36-37(33,34)20-10-8-19(9-11-20)28(31)32/h3-14H,1-2H3,(H,27,30)/b18-13-. The molecule has 0 saturated carbocycles. The second-order valence-corrected chi connectivity index (χ2v) is 8.97. The Bertz CT molecular complexity index is 1560. The van der Waals surface area contributed by atoms with Crippen LogP contribution in [-0.2, 0) is 14.9 Å². The highest BCUT2D eigenvalue weighted by molar-refractivity contribution is 7.87. The van der Waals surface area contributed by atoms with Crippen LogP contribution in [0.2, 0.25) is 0 Å². The van der Waals surface area contributed by atoms with Crippen molar-refractivity contribution in [2.24, 2.45) is 0 Å². The monoisotopic (exact) mass is 521 g/mol. The van der Waals surface area contributed by atoms with Crippen LogP contribution in [0.25, 0.3) is 6.08 Å². The van der Waals surface area contributed by atoms with Crippen molar-refractivity contribution in [2.45, 2.75) is 11.8 Å². The molecule has 3 aromatic carbocycles. The Kier molecular flexibility index (Phi) is 8.01. The van der Waals surface area contributed by atoms with Gasteiger partial charge in [-0.15, -0.1) is 0 Å². The number of Topliss-reactive ketones (excluding diaryl/α,β-unsaturated/α-hetero) is 1. The van der Waals surface area contributed by atoms with Gasteiger partial charge in [-0.1, -0.05) is 18.2 Å². The second-order valence-electron chi connectivity index (χ2n) is 7.42. The molecule has 188 valence electrons. The number of amides is 1. The average molecular weight is 522 g/mol. The van der Waals surface area contributed by atoms with E-state index in [2.05, 4.69) is 5.32 Å². The second kappa shape index (κ2) is 11.1. The summed E-state index contributed by atoms with van der Waals surface area (Å²) in [6, 6.07) is 16.3. The number of nitriles is 1. The SMILES string of the molecule is COc1cc(/C=C(/C#N)C(=O)Nc2ccccc2C(C)=O)ccc1OS(=O)(=O)c1ccc([N+](=O)[O-])cc1. The lowest BCUT2D eigenvalue weighted by molar-refractivity contribution is -0.384. The molecule has 0 atom stereocenters. The van der Waals surface area contributed by atoms with Gasteiger partial charge in [0.05, 0.1) is 17.7 Å². The van der Waals surface area contributed by atoms with Crippen LogP contribution in [0.3, 0.4) is 0 Å². The fourth-order valence-electron chi connectivity index (χ4n) is 3.15. The Hall–Kier alpha value is -5.02. The molecule has 0 unspecified atom stereocenters. The molecule has 0 saturated heterocycles. The molecule has 0 aliphatic rings. The van der Waals surface area contributed by atoms with Crippen LogP contribution in [-0.4, -0.2) is 32.1 Å². The van der Waals surface area contributed by atoms with Crippen LogP contribution in [0.5, 0.6) is 11.5 Å². The van der Waals surface area contributed by atoms with Crippen LogP contribution < -0.4 is 14.2 Å². The number of carbonyl (C=O) groups is 2. The van der Waals surface area contributed by atoms with Gasteiger partial charge in [-0.3, -0.25) is 19.7 Å². The summed E-state index contributed by atoms with van der Waals surface area (Å²) in [5.74, 6) is -1.21. The third-order valence-electron chi connectivity index (χ3n) is 4.95. The predicted molar refractivity (Wildman–Crippen MR) is 133 cm³/mol. The quantitative estimate of drug-likeness (QED) is 0.109. The third-order valence-corrected chi connectivity index (χ3v) is 6.20. The van der Waals surface area contributed by atoms with Crippen molar-refractivity contribution in [1.82, 2.24) is 0 Å². The zero-order valence-electron chi connectivity index (χ0n) is 19.5. The highest BCUT2D eigenvalue weighted by Crippen LogP contribution is 2.32. The van der Waals surface area contributed by atoms with Gasteiger partial charge in [0.2, 0.25) is 0 Å². The number of non-ortho nitro benzene ring substituents is 1. The maximum Gasteiger partial charge on any atom is 0.339 e. The number of para-hydroxylation sites is 1. The number of rotatable bonds is 9. The minimum absolute atomic E-state index is 0.0149. The van der Waals surface area contributed by atoms with Gasteiger partial charge in [0, 0.05) is 17.7 Å². The number of benzene rings is 3.